The summed E-state index contributed by atoms with van der Waals surface area (Å²) in [6.07, 6.45) is 10.9. The van der Waals surface area contributed by atoms with Crippen LogP contribution in [0.2, 0.25) is 0 Å². The van der Waals surface area contributed by atoms with Crippen molar-refractivity contribution in [2.75, 3.05) is 39.3 Å². The van der Waals surface area contributed by atoms with E-state index in [2.05, 4.69) is 51.4 Å². The van der Waals surface area contributed by atoms with Crippen LogP contribution in [0.3, 0.4) is 0 Å². The van der Waals surface area contributed by atoms with Gasteiger partial charge >= 0.3 is 0 Å². The molecule has 10 heteroatoms. The van der Waals surface area contributed by atoms with Gasteiger partial charge in [0.1, 0.15) is 0 Å². The van der Waals surface area contributed by atoms with E-state index in [4.69, 9.17) is 10.7 Å². The quantitative estimate of drug-likeness (QED) is 0.113. The molecule has 0 aromatic heterocycles. The van der Waals surface area contributed by atoms with E-state index in [-0.39, 0.29) is 17.1 Å². The van der Waals surface area contributed by atoms with Crippen molar-refractivity contribution in [3.8, 4) is 5.40 Å². The number of hydrogen-bond donors (Lipinski definition) is 5. The van der Waals surface area contributed by atoms with Gasteiger partial charge in [-0.3, -0.25) is 0 Å². The topological polar surface area (TPSA) is 106 Å². The molecule has 0 bridgehead atoms. The normalized spacial score (nSPS) is 30.1. The maximum absolute atomic E-state index is 7.13. The molecule has 1 radical (unpaired) electrons. The summed E-state index contributed by atoms with van der Waals surface area (Å²) < 4.78 is 0. The summed E-state index contributed by atoms with van der Waals surface area (Å²) in [5.74, 6) is 0. The van der Waals surface area contributed by atoms with Crippen molar-refractivity contribution in [1.82, 2.24) is 26.6 Å². The Balaban J connectivity index is 0.00000108. The maximum atomic E-state index is 7.13. The standard InChI is InChI=1S/C18H37N5.CHNS.CNS.Mn/c1-3-7-17-15(5-1)20-11-9-19-10-12-21-16-6-2-4-8-18(16)23-14-13-22-17;2*2-1-3;/h15-23H,1-14H2;3H;;/q;;-1;/p-1. The fourth-order valence-electron chi connectivity index (χ4n) is 4.57. The number of rotatable bonds is 0. The van der Waals surface area contributed by atoms with Gasteiger partial charge in [0.25, 0.3) is 0 Å². The summed E-state index contributed by atoms with van der Waals surface area (Å²) in [6.45, 7) is 6.55. The molecule has 2 saturated carbocycles. The average Bonchev–Trinajstić information content (AvgIpc) is 2.73. The largest absolute Gasteiger partial charge is 0.753 e. The van der Waals surface area contributed by atoms with Gasteiger partial charge in [0, 0.05) is 80.5 Å². The summed E-state index contributed by atoms with van der Waals surface area (Å²) >= 11 is 7.40. The van der Waals surface area contributed by atoms with E-state index < -0.39 is 0 Å². The predicted molar refractivity (Wildman–Crippen MR) is 126 cm³/mol. The first kappa shape index (κ1) is 29.8. The van der Waals surface area contributed by atoms with Crippen LogP contribution in [0.15, 0.2) is 0 Å². The maximum Gasteiger partial charge on any atom is 0.0221 e. The van der Waals surface area contributed by atoms with E-state index in [0.29, 0.717) is 24.2 Å². The Morgan fingerprint density at radius 3 is 1.20 bits per heavy atom. The second-order valence-corrected chi connectivity index (χ2v) is 8.11. The van der Waals surface area contributed by atoms with Crippen LogP contribution in [-0.2, 0) is 29.7 Å². The first-order chi connectivity index (χ1) is 14.3. The van der Waals surface area contributed by atoms with Crippen LogP contribution < -0.4 is 26.6 Å². The molecule has 0 spiro atoms. The number of fused-ring (bicyclic) bond motifs is 2. The van der Waals surface area contributed by atoms with Crippen molar-refractivity contribution in [3.05, 3.63) is 5.41 Å². The number of hydrogen-bond acceptors (Lipinski definition) is 8. The molecule has 3 aliphatic rings. The predicted octanol–water partition coefficient (Wildman–Crippen LogP) is 1.24. The first-order valence-electron chi connectivity index (χ1n) is 10.9. The SMILES string of the molecule is C1CCC2NCCNC3CCCCC3NCCNCCNC2C1.N#C[S-].[Mn].[N-]=C=S. The van der Waals surface area contributed by atoms with Crippen molar-refractivity contribution in [3.63, 3.8) is 0 Å². The molecule has 4 unspecified atom stereocenters. The molecule has 2 aliphatic carbocycles. The summed E-state index contributed by atoms with van der Waals surface area (Å²) in [5.41, 5.74) is 0. The Morgan fingerprint density at radius 1 is 0.700 bits per heavy atom. The van der Waals surface area contributed by atoms with E-state index in [0.717, 1.165) is 39.3 Å². The van der Waals surface area contributed by atoms with Crippen LogP contribution in [0.25, 0.3) is 5.41 Å². The van der Waals surface area contributed by atoms with E-state index in [9.17, 15) is 0 Å². The number of thiocarbonyl (C=S) groups is 1. The average molecular weight is 495 g/mol. The van der Waals surface area contributed by atoms with E-state index >= 15 is 0 Å². The molecule has 173 valence electrons. The van der Waals surface area contributed by atoms with Crippen molar-refractivity contribution >= 4 is 30.0 Å². The number of nitrogens with zero attached hydrogens (tertiary/aromatic N) is 2. The smallest absolute Gasteiger partial charge is 0.0221 e. The van der Waals surface area contributed by atoms with Gasteiger partial charge in [0.15, 0.2) is 0 Å². The zero-order valence-corrected chi connectivity index (χ0v) is 20.6. The molecule has 0 aromatic rings. The third-order valence-corrected chi connectivity index (χ3v) is 5.89. The summed E-state index contributed by atoms with van der Waals surface area (Å²) in [6, 6.07) is 2.65. The van der Waals surface area contributed by atoms with Gasteiger partial charge in [-0.1, -0.05) is 43.3 Å². The van der Waals surface area contributed by atoms with E-state index in [1.165, 1.54) is 61.9 Å². The molecule has 5 N–H and O–H groups in total. The Bertz CT molecular complexity index is 456. The Labute approximate surface area is 204 Å². The number of isothiocyanates is 1. The second-order valence-electron chi connectivity index (χ2n) is 7.74. The molecule has 1 aliphatic heterocycles. The zero-order chi connectivity index (χ0) is 21.2. The molecule has 3 rings (SSSR count). The first-order valence-corrected chi connectivity index (χ1v) is 11.7. The van der Waals surface area contributed by atoms with Crippen molar-refractivity contribution < 1.29 is 17.1 Å². The van der Waals surface area contributed by atoms with E-state index in [1.54, 1.807) is 0 Å². The summed E-state index contributed by atoms with van der Waals surface area (Å²) in [4.78, 5) is 0. The second kappa shape index (κ2) is 20.7. The van der Waals surface area contributed by atoms with Gasteiger partial charge in [-0.05, 0) is 25.7 Å². The van der Waals surface area contributed by atoms with Gasteiger partial charge < -0.3 is 44.6 Å². The number of thiocyanates is 1. The zero-order valence-electron chi connectivity index (χ0n) is 17.8. The van der Waals surface area contributed by atoms with Crippen LogP contribution in [0.4, 0.5) is 0 Å². The molecule has 3 fully saturated rings. The van der Waals surface area contributed by atoms with Crippen molar-refractivity contribution in [2.24, 2.45) is 0 Å². The molecule has 0 aromatic carbocycles. The Hall–Kier alpha value is -0.171. The van der Waals surface area contributed by atoms with Gasteiger partial charge in [-0.2, -0.15) is 5.16 Å². The van der Waals surface area contributed by atoms with Crippen LogP contribution >= 0.6 is 12.2 Å². The molecule has 1 saturated heterocycles. The fraction of sp³-hybridized carbons (Fsp3) is 0.900. The molecular formula is C20H37MnN7S2-2. The summed E-state index contributed by atoms with van der Waals surface area (Å²) in [5, 5.41) is 35.7. The molecule has 1 heterocycles. The van der Waals surface area contributed by atoms with Crippen LogP contribution in [0.1, 0.15) is 51.4 Å². The van der Waals surface area contributed by atoms with Gasteiger partial charge in [-0.25, -0.2) is 5.26 Å². The van der Waals surface area contributed by atoms with Crippen LogP contribution in [0.5, 0.6) is 0 Å². The van der Waals surface area contributed by atoms with Gasteiger partial charge in [-0.15, -0.1) is 0 Å². The molecule has 4 atom stereocenters. The van der Waals surface area contributed by atoms with Crippen LogP contribution in [0, 0.1) is 10.7 Å². The monoisotopic (exact) mass is 494 g/mol. The fourth-order valence-corrected chi connectivity index (χ4v) is 4.57. The van der Waals surface area contributed by atoms with Gasteiger partial charge in [0.05, 0.1) is 0 Å². The molecule has 30 heavy (non-hydrogen) atoms. The molecule has 0 amide bonds. The molecular weight excluding hydrogens is 457 g/mol. The molecule has 7 nitrogen and oxygen atoms in total. The summed E-state index contributed by atoms with van der Waals surface area (Å²) in [7, 11) is 0. The van der Waals surface area contributed by atoms with Crippen molar-refractivity contribution in [1.29, 1.82) is 5.26 Å². The number of nitrogens with one attached hydrogen (secondary N) is 5. The number of nitriles is 1. The minimum absolute atomic E-state index is 0. The minimum Gasteiger partial charge on any atom is -0.753 e. The third kappa shape index (κ3) is 13.3. The van der Waals surface area contributed by atoms with Gasteiger partial charge in [0.2, 0.25) is 0 Å². The third-order valence-electron chi connectivity index (χ3n) is 5.89. The van der Waals surface area contributed by atoms with Crippen LogP contribution in [-0.4, -0.2) is 68.6 Å². The Kier molecular flexibility index (Phi) is 20.6. The van der Waals surface area contributed by atoms with E-state index in [1.807, 2.05) is 0 Å². The van der Waals surface area contributed by atoms with Crippen molar-refractivity contribution in [2.45, 2.75) is 75.5 Å². The minimum atomic E-state index is 0. The Morgan fingerprint density at radius 2 is 0.933 bits per heavy atom.